The van der Waals surface area contributed by atoms with Crippen molar-refractivity contribution in [3.63, 3.8) is 0 Å². The summed E-state index contributed by atoms with van der Waals surface area (Å²) < 4.78 is 10.6. The first-order valence-electron chi connectivity index (χ1n) is 5.39. The second kappa shape index (κ2) is 6.10. The average molecular weight is 238 g/mol. The summed E-state index contributed by atoms with van der Waals surface area (Å²) in [5.74, 6) is -0.0958. The third-order valence-corrected chi connectivity index (χ3v) is 2.33. The Hall–Kier alpha value is -1.75. The van der Waals surface area contributed by atoms with Gasteiger partial charge in [0.25, 0.3) is 5.91 Å². The van der Waals surface area contributed by atoms with Crippen LogP contribution in [-0.2, 0) is 4.74 Å². The zero-order chi connectivity index (χ0) is 12.8. The minimum Gasteiger partial charge on any atom is -0.490 e. The number of ether oxygens (including phenoxy) is 2. The summed E-state index contributed by atoms with van der Waals surface area (Å²) in [4.78, 5) is 11.2. The quantitative estimate of drug-likeness (QED) is 0.728. The Morgan fingerprint density at radius 1 is 1.47 bits per heavy atom. The number of carbonyl (C=O) groups is 1. The molecule has 17 heavy (non-hydrogen) atoms. The van der Waals surface area contributed by atoms with E-state index in [9.17, 15) is 4.79 Å². The Morgan fingerprint density at radius 2 is 2.18 bits per heavy atom. The highest BCUT2D eigenvalue weighted by atomic mass is 16.5. The van der Waals surface area contributed by atoms with Crippen LogP contribution < -0.4 is 16.2 Å². The number of primary amides is 1. The molecule has 5 heteroatoms. The van der Waals surface area contributed by atoms with E-state index >= 15 is 0 Å². The van der Waals surface area contributed by atoms with Gasteiger partial charge in [-0.3, -0.25) is 4.79 Å². The third-order valence-electron chi connectivity index (χ3n) is 2.33. The second-order valence-corrected chi connectivity index (χ2v) is 3.83. The summed E-state index contributed by atoms with van der Waals surface area (Å²) in [6.07, 6.45) is 0.677. The van der Waals surface area contributed by atoms with Gasteiger partial charge in [-0.1, -0.05) is 0 Å². The van der Waals surface area contributed by atoms with Gasteiger partial charge in [0.15, 0.2) is 0 Å². The van der Waals surface area contributed by atoms with Crippen molar-refractivity contribution in [3.8, 4) is 5.75 Å². The topological polar surface area (TPSA) is 87.6 Å². The van der Waals surface area contributed by atoms with Gasteiger partial charge in [0.1, 0.15) is 5.75 Å². The Labute approximate surface area is 101 Å². The Kier molecular flexibility index (Phi) is 4.78. The predicted octanol–water partition coefficient (Wildman–Crippen LogP) is 1.17. The van der Waals surface area contributed by atoms with Gasteiger partial charge in [0, 0.05) is 25.8 Å². The molecule has 0 saturated heterocycles. The molecule has 5 nitrogen and oxygen atoms in total. The van der Waals surface area contributed by atoms with Gasteiger partial charge in [0.05, 0.1) is 11.7 Å². The van der Waals surface area contributed by atoms with Gasteiger partial charge in [-0.05, 0) is 25.1 Å². The molecule has 0 aliphatic carbocycles. The maximum absolute atomic E-state index is 11.2. The van der Waals surface area contributed by atoms with Crippen LogP contribution in [0.25, 0.3) is 0 Å². The highest BCUT2D eigenvalue weighted by Crippen LogP contribution is 2.22. The zero-order valence-corrected chi connectivity index (χ0v) is 10.1. The van der Waals surface area contributed by atoms with Gasteiger partial charge in [-0.25, -0.2) is 0 Å². The molecule has 0 spiro atoms. The summed E-state index contributed by atoms with van der Waals surface area (Å²) in [5, 5.41) is 0. The molecule has 1 aromatic carbocycles. The van der Waals surface area contributed by atoms with E-state index in [-0.39, 0.29) is 6.10 Å². The van der Waals surface area contributed by atoms with Crippen molar-refractivity contribution in [1.82, 2.24) is 0 Å². The lowest BCUT2D eigenvalue weighted by Crippen LogP contribution is -2.18. The molecule has 94 valence electrons. The lowest BCUT2D eigenvalue weighted by Gasteiger charge is -2.16. The molecular formula is C12H18N2O3. The lowest BCUT2D eigenvalue weighted by molar-refractivity contribution is 0.0989. The molecule has 0 heterocycles. The van der Waals surface area contributed by atoms with E-state index in [1.807, 2.05) is 6.92 Å². The average Bonchev–Trinajstić information content (AvgIpc) is 2.28. The van der Waals surface area contributed by atoms with Crippen LogP contribution >= 0.6 is 0 Å². The SMILES string of the molecule is COCCC(C)Oc1ccc(N)cc1C(N)=O. The molecule has 0 aliphatic rings. The van der Waals surface area contributed by atoms with Crippen LogP contribution in [0.5, 0.6) is 5.75 Å². The normalized spacial score (nSPS) is 12.1. The molecule has 0 fully saturated rings. The Bertz CT molecular complexity index is 393. The van der Waals surface area contributed by atoms with E-state index < -0.39 is 5.91 Å². The van der Waals surface area contributed by atoms with Gasteiger partial charge in [0.2, 0.25) is 0 Å². The van der Waals surface area contributed by atoms with Crippen molar-refractivity contribution in [3.05, 3.63) is 23.8 Å². The minimum absolute atomic E-state index is 0.0586. The maximum atomic E-state index is 11.2. The molecule has 1 rings (SSSR count). The fourth-order valence-electron chi connectivity index (χ4n) is 1.40. The number of amides is 1. The van der Waals surface area contributed by atoms with E-state index in [4.69, 9.17) is 20.9 Å². The van der Waals surface area contributed by atoms with Gasteiger partial charge in [-0.2, -0.15) is 0 Å². The number of anilines is 1. The van der Waals surface area contributed by atoms with Crippen LogP contribution in [-0.4, -0.2) is 25.7 Å². The minimum atomic E-state index is -0.550. The summed E-state index contributed by atoms with van der Waals surface area (Å²) >= 11 is 0. The molecule has 1 unspecified atom stereocenters. The van der Waals surface area contributed by atoms with Crippen molar-refractivity contribution in [2.24, 2.45) is 5.73 Å². The maximum Gasteiger partial charge on any atom is 0.252 e. The number of hydrogen-bond donors (Lipinski definition) is 2. The zero-order valence-electron chi connectivity index (χ0n) is 10.1. The molecule has 0 aliphatic heterocycles. The molecule has 1 aromatic rings. The summed E-state index contributed by atoms with van der Waals surface area (Å²) in [5.41, 5.74) is 11.6. The Morgan fingerprint density at radius 3 is 2.76 bits per heavy atom. The molecule has 0 aromatic heterocycles. The first-order valence-corrected chi connectivity index (χ1v) is 5.39. The van der Waals surface area contributed by atoms with Crippen molar-refractivity contribution < 1.29 is 14.3 Å². The second-order valence-electron chi connectivity index (χ2n) is 3.83. The summed E-state index contributed by atoms with van der Waals surface area (Å²) in [6.45, 7) is 2.50. The first-order chi connectivity index (χ1) is 8.04. The molecular weight excluding hydrogens is 220 g/mol. The third kappa shape index (κ3) is 3.96. The van der Waals surface area contributed by atoms with E-state index in [0.29, 0.717) is 23.6 Å². The predicted molar refractivity (Wildman–Crippen MR) is 66.0 cm³/mol. The van der Waals surface area contributed by atoms with Crippen molar-refractivity contribution in [2.45, 2.75) is 19.4 Å². The first kappa shape index (κ1) is 13.3. The largest absolute Gasteiger partial charge is 0.490 e. The van der Waals surface area contributed by atoms with Crippen LogP contribution in [0.4, 0.5) is 5.69 Å². The molecule has 0 radical (unpaired) electrons. The molecule has 1 amide bonds. The molecule has 0 bridgehead atoms. The van der Waals surface area contributed by atoms with Gasteiger partial charge >= 0.3 is 0 Å². The summed E-state index contributed by atoms with van der Waals surface area (Å²) in [6, 6.07) is 4.84. The smallest absolute Gasteiger partial charge is 0.252 e. The number of methoxy groups -OCH3 is 1. The number of nitrogen functional groups attached to an aromatic ring is 1. The number of nitrogens with two attached hydrogens (primary N) is 2. The van der Waals surface area contributed by atoms with Crippen molar-refractivity contribution in [1.29, 1.82) is 0 Å². The van der Waals surface area contributed by atoms with Crippen LogP contribution in [0.2, 0.25) is 0 Å². The van der Waals surface area contributed by atoms with Crippen LogP contribution in [0.1, 0.15) is 23.7 Å². The van der Waals surface area contributed by atoms with Crippen molar-refractivity contribution >= 4 is 11.6 Å². The fourth-order valence-corrected chi connectivity index (χ4v) is 1.40. The molecule has 0 saturated carbocycles. The molecule has 1 atom stereocenters. The number of hydrogen-bond acceptors (Lipinski definition) is 4. The van der Waals surface area contributed by atoms with Crippen LogP contribution in [0.15, 0.2) is 18.2 Å². The van der Waals surface area contributed by atoms with E-state index in [1.165, 1.54) is 6.07 Å². The molecule has 4 N–H and O–H groups in total. The number of benzene rings is 1. The van der Waals surface area contributed by atoms with Crippen LogP contribution in [0.3, 0.4) is 0 Å². The standard InChI is InChI=1S/C12H18N2O3/c1-8(5-6-16-2)17-11-4-3-9(13)7-10(11)12(14)15/h3-4,7-8H,5-6,13H2,1-2H3,(H2,14,15). The lowest BCUT2D eigenvalue weighted by atomic mass is 10.1. The van der Waals surface area contributed by atoms with Crippen LogP contribution in [0, 0.1) is 0 Å². The number of rotatable bonds is 6. The van der Waals surface area contributed by atoms with E-state index in [2.05, 4.69) is 0 Å². The van der Waals surface area contributed by atoms with Crippen molar-refractivity contribution in [2.75, 3.05) is 19.5 Å². The highest BCUT2D eigenvalue weighted by molar-refractivity contribution is 5.96. The Balaban J connectivity index is 2.79. The van der Waals surface area contributed by atoms with Gasteiger partial charge in [-0.15, -0.1) is 0 Å². The summed E-state index contributed by atoms with van der Waals surface area (Å²) in [7, 11) is 1.63. The monoisotopic (exact) mass is 238 g/mol. The number of carbonyl (C=O) groups excluding carboxylic acids is 1. The van der Waals surface area contributed by atoms with E-state index in [0.717, 1.165) is 6.42 Å². The van der Waals surface area contributed by atoms with Gasteiger partial charge < -0.3 is 20.9 Å². The fraction of sp³-hybridized carbons (Fsp3) is 0.417. The van der Waals surface area contributed by atoms with E-state index in [1.54, 1.807) is 19.2 Å². The highest BCUT2D eigenvalue weighted by Gasteiger charge is 2.12.